The summed E-state index contributed by atoms with van der Waals surface area (Å²) in [7, 11) is 1.87. The van der Waals surface area contributed by atoms with Gasteiger partial charge in [-0.05, 0) is 18.4 Å². The number of fused-ring (bicyclic) bond motifs is 1. The molecule has 1 aliphatic rings. The molecule has 1 saturated heterocycles. The van der Waals surface area contributed by atoms with E-state index in [-0.39, 0.29) is 18.5 Å². The predicted octanol–water partition coefficient (Wildman–Crippen LogP) is 2.95. The second-order valence-electron chi connectivity index (χ2n) is 7.20. The average Bonchev–Trinajstić information content (AvgIpc) is 3.36. The number of nitrogens with one attached hydrogen (secondary N) is 1. The standard InChI is InChI=1S/C18H19F3N6O2/c1-10-4-6-27(17(28)12-7-25-29-14(12)18(19,20)21)8-13(10)26(2)16-11-3-5-22-15(11)23-9-24-16/h3,5,7,9-10,13H,4,6,8H2,1-2H3,(H,22,23,24)/t10-,13+/m1/s1. The zero-order valence-electron chi connectivity index (χ0n) is 15.8. The first kappa shape index (κ1) is 19.2. The largest absolute Gasteiger partial charge is 0.453 e. The van der Waals surface area contributed by atoms with Crippen LogP contribution in [0.5, 0.6) is 0 Å². The van der Waals surface area contributed by atoms with Gasteiger partial charge in [0.15, 0.2) is 0 Å². The molecule has 0 saturated carbocycles. The van der Waals surface area contributed by atoms with Gasteiger partial charge in [-0.25, -0.2) is 9.97 Å². The van der Waals surface area contributed by atoms with E-state index in [1.165, 1.54) is 11.2 Å². The number of aromatic amines is 1. The van der Waals surface area contributed by atoms with Gasteiger partial charge >= 0.3 is 6.18 Å². The summed E-state index contributed by atoms with van der Waals surface area (Å²) in [4.78, 5) is 27.7. The number of anilines is 1. The summed E-state index contributed by atoms with van der Waals surface area (Å²) >= 11 is 0. The number of likely N-dealkylation sites (tertiary alicyclic amines) is 1. The third kappa shape index (κ3) is 3.40. The van der Waals surface area contributed by atoms with Crippen LogP contribution in [-0.2, 0) is 6.18 Å². The first-order valence-electron chi connectivity index (χ1n) is 9.09. The van der Waals surface area contributed by atoms with Gasteiger partial charge in [0.1, 0.15) is 23.4 Å². The molecule has 1 N–H and O–H groups in total. The Labute approximate surface area is 163 Å². The Bertz CT molecular complexity index is 1030. The van der Waals surface area contributed by atoms with Crippen molar-refractivity contribution in [2.75, 3.05) is 25.0 Å². The van der Waals surface area contributed by atoms with Crippen LogP contribution < -0.4 is 4.90 Å². The molecule has 4 rings (SSSR count). The molecule has 0 spiro atoms. The fraction of sp³-hybridized carbons (Fsp3) is 0.444. The molecular formula is C18H19F3N6O2. The maximum Gasteiger partial charge on any atom is 0.453 e. The molecule has 8 nitrogen and oxygen atoms in total. The van der Waals surface area contributed by atoms with E-state index in [0.29, 0.717) is 24.4 Å². The molecule has 0 aliphatic carbocycles. The van der Waals surface area contributed by atoms with Gasteiger partial charge in [0, 0.05) is 26.3 Å². The first-order chi connectivity index (χ1) is 13.8. The molecule has 2 atom stereocenters. The van der Waals surface area contributed by atoms with Gasteiger partial charge in [0.2, 0.25) is 0 Å². The second-order valence-corrected chi connectivity index (χ2v) is 7.20. The minimum Gasteiger partial charge on any atom is -0.354 e. The Morgan fingerprint density at radius 3 is 2.93 bits per heavy atom. The number of piperidine rings is 1. The molecule has 0 unspecified atom stereocenters. The number of amides is 1. The Morgan fingerprint density at radius 1 is 1.38 bits per heavy atom. The number of carbonyl (C=O) groups is 1. The Balaban J connectivity index is 1.59. The van der Waals surface area contributed by atoms with Gasteiger partial charge in [0.05, 0.1) is 17.6 Å². The third-order valence-corrected chi connectivity index (χ3v) is 5.43. The Morgan fingerprint density at radius 2 is 2.17 bits per heavy atom. The maximum absolute atomic E-state index is 13.1. The van der Waals surface area contributed by atoms with Crippen LogP contribution in [0.3, 0.4) is 0 Å². The van der Waals surface area contributed by atoms with Gasteiger partial charge in [-0.1, -0.05) is 12.1 Å². The number of alkyl halides is 3. The topological polar surface area (TPSA) is 91.2 Å². The molecule has 1 fully saturated rings. The van der Waals surface area contributed by atoms with Gasteiger partial charge in [-0.2, -0.15) is 13.2 Å². The van der Waals surface area contributed by atoms with Crippen LogP contribution in [-0.4, -0.2) is 57.1 Å². The number of hydrogen-bond donors (Lipinski definition) is 1. The highest BCUT2D eigenvalue weighted by molar-refractivity contribution is 5.95. The van der Waals surface area contributed by atoms with Gasteiger partial charge in [0.25, 0.3) is 11.7 Å². The van der Waals surface area contributed by atoms with E-state index >= 15 is 0 Å². The molecule has 1 amide bonds. The number of H-pyrrole nitrogens is 1. The van der Waals surface area contributed by atoms with Crippen molar-refractivity contribution in [1.29, 1.82) is 0 Å². The second kappa shape index (κ2) is 7.05. The van der Waals surface area contributed by atoms with Crippen LogP contribution in [0.4, 0.5) is 19.0 Å². The van der Waals surface area contributed by atoms with Crippen molar-refractivity contribution in [3.05, 3.63) is 36.1 Å². The van der Waals surface area contributed by atoms with E-state index in [4.69, 9.17) is 0 Å². The lowest BCUT2D eigenvalue weighted by Gasteiger charge is -2.42. The monoisotopic (exact) mass is 408 g/mol. The zero-order valence-corrected chi connectivity index (χ0v) is 15.8. The Hall–Kier alpha value is -3.11. The molecule has 11 heteroatoms. The average molecular weight is 408 g/mol. The van der Waals surface area contributed by atoms with Crippen molar-refractivity contribution in [2.45, 2.75) is 25.6 Å². The fourth-order valence-electron chi connectivity index (χ4n) is 3.80. The van der Waals surface area contributed by atoms with Gasteiger partial charge in [-0.3, -0.25) is 4.79 Å². The summed E-state index contributed by atoms with van der Waals surface area (Å²) in [6.45, 7) is 2.67. The summed E-state index contributed by atoms with van der Waals surface area (Å²) in [5.41, 5.74) is 0.126. The van der Waals surface area contributed by atoms with E-state index < -0.39 is 23.4 Å². The van der Waals surface area contributed by atoms with Crippen molar-refractivity contribution >= 4 is 22.8 Å². The van der Waals surface area contributed by atoms with Crippen LogP contribution in [0.25, 0.3) is 11.0 Å². The van der Waals surface area contributed by atoms with Crippen LogP contribution in [0.15, 0.2) is 29.3 Å². The summed E-state index contributed by atoms with van der Waals surface area (Å²) < 4.78 is 43.5. The molecular weight excluding hydrogens is 389 g/mol. The van der Waals surface area contributed by atoms with Crippen molar-refractivity contribution in [3.63, 3.8) is 0 Å². The maximum atomic E-state index is 13.1. The van der Waals surface area contributed by atoms with E-state index in [1.807, 2.05) is 18.0 Å². The van der Waals surface area contributed by atoms with Gasteiger partial charge in [-0.15, -0.1) is 0 Å². The molecule has 0 aromatic carbocycles. The number of aromatic nitrogens is 4. The minimum atomic E-state index is -4.78. The summed E-state index contributed by atoms with van der Waals surface area (Å²) in [5.74, 6) is -1.20. The highest BCUT2D eigenvalue weighted by Crippen LogP contribution is 2.34. The zero-order chi connectivity index (χ0) is 20.8. The smallest absolute Gasteiger partial charge is 0.354 e. The lowest BCUT2D eigenvalue weighted by Crippen LogP contribution is -2.53. The lowest BCUT2D eigenvalue weighted by molar-refractivity contribution is -0.156. The van der Waals surface area contributed by atoms with E-state index in [0.717, 1.165) is 11.6 Å². The van der Waals surface area contributed by atoms with Crippen molar-refractivity contribution in [3.8, 4) is 0 Å². The molecule has 1 aliphatic heterocycles. The van der Waals surface area contributed by atoms with E-state index in [1.54, 1.807) is 6.20 Å². The van der Waals surface area contributed by atoms with E-state index in [9.17, 15) is 18.0 Å². The molecule has 0 radical (unpaired) electrons. The molecule has 29 heavy (non-hydrogen) atoms. The SMILES string of the molecule is C[C@@H]1CCN(C(=O)c2cnoc2C(F)(F)F)C[C@@H]1N(C)c1ncnc2[nH]ccc12. The normalized spacial score (nSPS) is 20.2. The van der Waals surface area contributed by atoms with Crippen LogP contribution in [0.1, 0.15) is 29.5 Å². The number of rotatable bonds is 3. The van der Waals surface area contributed by atoms with Crippen molar-refractivity contribution in [2.24, 2.45) is 5.92 Å². The Kier molecular flexibility index (Phi) is 4.67. The molecule has 154 valence electrons. The van der Waals surface area contributed by atoms with Crippen molar-refractivity contribution < 1.29 is 22.5 Å². The van der Waals surface area contributed by atoms with Gasteiger partial charge < -0.3 is 19.3 Å². The lowest BCUT2D eigenvalue weighted by atomic mass is 9.91. The first-order valence-corrected chi connectivity index (χ1v) is 9.09. The molecule has 0 bridgehead atoms. The fourth-order valence-corrected chi connectivity index (χ4v) is 3.80. The van der Waals surface area contributed by atoms with Crippen molar-refractivity contribution in [1.82, 2.24) is 25.0 Å². The third-order valence-electron chi connectivity index (χ3n) is 5.43. The van der Waals surface area contributed by atoms with Crippen LogP contribution in [0.2, 0.25) is 0 Å². The predicted molar refractivity (Wildman–Crippen MR) is 97.3 cm³/mol. The molecule has 4 heterocycles. The highest BCUT2D eigenvalue weighted by atomic mass is 19.4. The van der Waals surface area contributed by atoms with Crippen LogP contribution >= 0.6 is 0 Å². The number of hydrogen-bond acceptors (Lipinski definition) is 6. The summed E-state index contributed by atoms with van der Waals surface area (Å²) in [6.07, 6.45) is -0.0821. The number of carbonyl (C=O) groups excluding carboxylic acids is 1. The number of likely N-dealkylation sites (N-methyl/N-ethyl adjacent to an activating group) is 1. The van der Waals surface area contributed by atoms with E-state index in [2.05, 4.69) is 31.6 Å². The minimum absolute atomic E-state index is 0.130. The summed E-state index contributed by atoms with van der Waals surface area (Å²) in [6, 6.07) is 1.74. The molecule has 3 aromatic rings. The number of nitrogens with zero attached hydrogens (tertiary/aromatic N) is 5. The van der Waals surface area contributed by atoms with Crippen LogP contribution in [0, 0.1) is 5.92 Å². The quantitative estimate of drug-likeness (QED) is 0.717. The highest BCUT2D eigenvalue weighted by Gasteiger charge is 2.42. The molecule has 3 aromatic heterocycles. The summed E-state index contributed by atoms with van der Waals surface area (Å²) in [5, 5.41) is 4.01. The number of halogens is 3.